The fourth-order valence-corrected chi connectivity index (χ4v) is 2.61. The summed E-state index contributed by atoms with van der Waals surface area (Å²) in [5, 5.41) is 13.0. The Balaban J connectivity index is 1.91. The predicted molar refractivity (Wildman–Crippen MR) is 91.7 cm³/mol. The number of Topliss-reactive ketones (excluding diaryl/α,β-unsaturated/α-hetero) is 1. The van der Waals surface area contributed by atoms with Crippen LogP contribution in [0.1, 0.15) is 35.2 Å². The van der Waals surface area contributed by atoms with Crippen LogP contribution in [0.5, 0.6) is 0 Å². The minimum atomic E-state index is -1.12. The van der Waals surface area contributed by atoms with Crippen molar-refractivity contribution in [3.63, 3.8) is 0 Å². The molecule has 0 bridgehead atoms. The zero-order valence-corrected chi connectivity index (χ0v) is 13.5. The van der Waals surface area contributed by atoms with Crippen molar-refractivity contribution in [2.75, 3.05) is 0 Å². The van der Waals surface area contributed by atoms with Gasteiger partial charge in [0.2, 0.25) is 5.78 Å². The van der Waals surface area contributed by atoms with Gasteiger partial charge in [0.25, 0.3) is 0 Å². The van der Waals surface area contributed by atoms with Crippen LogP contribution in [0.3, 0.4) is 0 Å². The maximum Gasteiger partial charge on any atom is 0.355 e. The lowest BCUT2D eigenvalue weighted by atomic mass is 9.70. The molecule has 1 aliphatic carbocycles. The van der Waals surface area contributed by atoms with Gasteiger partial charge in [-0.2, -0.15) is 5.26 Å². The summed E-state index contributed by atoms with van der Waals surface area (Å²) in [5.74, 6) is -1.05. The Morgan fingerprint density at radius 2 is 1.52 bits per heavy atom. The van der Waals surface area contributed by atoms with Crippen molar-refractivity contribution in [3.8, 4) is 6.07 Å². The fourth-order valence-electron chi connectivity index (χ4n) is 2.61. The topological polar surface area (TPSA) is 79.5 Å². The molecule has 0 heterocycles. The molecular weight excluding hydrogens is 316 g/mol. The number of benzene rings is 2. The first-order valence-electron chi connectivity index (χ1n) is 8.02. The molecule has 0 radical (unpaired) electrons. The molecule has 5 nitrogen and oxygen atoms in total. The van der Waals surface area contributed by atoms with Gasteiger partial charge in [0.15, 0.2) is 11.1 Å². The first-order chi connectivity index (χ1) is 12.2. The van der Waals surface area contributed by atoms with Crippen molar-refractivity contribution < 1.29 is 14.4 Å². The van der Waals surface area contributed by atoms with Crippen molar-refractivity contribution in [1.82, 2.24) is 0 Å². The summed E-state index contributed by atoms with van der Waals surface area (Å²) in [6.45, 7) is 0. The fraction of sp³-hybridized carbons (Fsp3) is 0.200. The first-order valence-corrected chi connectivity index (χ1v) is 8.02. The highest BCUT2D eigenvalue weighted by atomic mass is 16.7. The molecule has 3 rings (SSSR count). The lowest BCUT2D eigenvalue weighted by molar-refractivity contribution is -0.156. The highest BCUT2D eigenvalue weighted by Crippen LogP contribution is 2.41. The summed E-state index contributed by atoms with van der Waals surface area (Å²) in [5.41, 5.74) is -0.0997. The van der Waals surface area contributed by atoms with Crippen LogP contribution in [0.4, 0.5) is 0 Å². The lowest BCUT2D eigenvalue weighted by Gasteiger charge is -2.30. The van der Waals surface area contributed by atoms with Crippen LogP contribution in [0.2, 0.25) is 0 Å². The van der Waals surface area contributed by atoms with E-state index in [1.807, 2.05) is 18.2 Å². The number of carbonyl (C=O) groups excluding carboxylic acids is 2. The molecule has 2 aromatic carbocycles. The minimum Gasteiger partial charge on any atom is -0.316 e. The average Bonchev–Trinajstić information content (AvgIpc) is 2.63. The SMILES string of the molecule is N#CC1(C(=O)O/N=C(/C(=O)c2ccccc2)c2ccccc2)CCC1. The molecule has 0 saturated heterocycles. The molecule has 0 atom stereocenters. The number of oxime groups is 1. The standard InChI is InChI=1S/C20H16N2O3/c21-14-20(12-7-13-20)19(24)25-22-17(15-8-3-1-4-9-15)18(23)16-10-5-2-6-11-16/h1-6,8-11H,7,12-13H2/b22-17+. The largest absolute Gasteiger partial charge is 0.355 e. The van der Waals surface area contributed by atoms with E-state index in [2.05, 4.69) is 5.16 Å². The molecule has 1 fully saturated rings. The lowest BCUT2D eigenvalue weighted by Crippen LogP contribution is -2.37. The monoisotopic (exact) mass is 332 g/mol. The van der Waals surface area contributed by atoms with Gasteiger partial charge in [0.05, 0.1) is 6.07 Å². The second-order valence-electron chi connectivity index (χ2n) is 5.93. The predicted octanol–water partition coefficient (Wildman–Crippen LogP) is 3.51. The number of carbonyl (C=O) groups is 2. The van der Waals surface area contributed by atoms with E-state index < -0.39 is 11.4 Å². The molecule has 0 spiro atoms. The van der Waals surface area contributed by atoms with Crippen molar-refractivity contribution in [1.29, 1.82) is 5.26 Å². The van der Waals surface area contributed by atoms with Crippen LogP contribution in [0.25, 0.3) is 0 Å². The van der Waals surface area contributed by atoms with Gasteiger partial charge in [-0.15, -0.1) is 0 Å². The van der Waals surface area contributed by atoms with Gasteiger partial charge in [-0.05, 0) is 19.3 Å². The third kappa shape index (κ3) is 3.33. The Morgan fingerprint density at radius 1 is 0.960 bits per heavy atom. The molecule has 0 aliphatic heterocycles. The van der Waals surface area contributed by atoms with Gasteiger partial charge in [-0.1, -0.05) is 65.8 Å². The Labute approximate surface area is 145 Å². The molecule has 25 heavy (non-hydrogen) atoms. The van der Waals surface area contributed by atoms with Crippen molar-refractivity contribution in [2.24, 2.45) is 10.6 Å². The van der Waals surface area contributed by atoms with E-state index in [0.29, 0.717) is 24.0 Å². The van der Waals surface area contributed by atoms with Gasteiger partial charge < -0.3 is 4.84 Å². The van der Waals surface area contributed by atoms with Crippen molar-refractivity contribution in [2.45, 2.75) is 19.3 Å². The molecule has 2 aromatic rings. The molecule has 0 N–H and O–H groups in total. The Morgan fingerprint density at radius 3 is 2.00 bits per heavy atom. The highest BCUT2D eigenvalue weighted by Gasteiger charge is 2.47. The summed E-state index contributed by atoms with van der Waals surface area (Å²) < 4.78 is 0. The van der Waals surface area contributed by atoms with Gasteiger partial charge in [0, 0.05) is 11.1 Å². The third-order valence-electron chi connectivity index (χ3n) is 4.33. The summed E-state index contributed by atoms with van der Waals surface area (Å²) in [6.07, 6.45) is 1.73. The minimum absolute atomic E-state index is 0.0348. The van der Waals surface area contributed by atoms with E-state index in [4.69, 9.17) is 4.84 Å². The number of nitrogens with zero attached hydrogens (tertiary/aromatic N) is 2. The van der Waals surface area contributed by atoms with Crippen LogP contribution in [0, 0.1) is 16.7 Å². The number of hydrogen-bond donors (Lipinski definition) is 0. The number of ketones is 1. The maximum atomic E-state index is 12.8. The van der Waals surface area contributed by atoms with E-state index in [9.17, 15) is 14.9 Å². The van der Waals surface area contributed by atoms with Gasteiger partial charge in [-0.3, -0.25) is 4.79 Å². The van der Waals surface area contributed by atoms with E-state index >= 15 is 0 Å². The van der Waals surface area contributed by atoms with E-state index in [1.54, 1.807) is 48.5 Å². The first kappa shape index (κ1) is 16.6. The van der Waals surface area contributed by atoms with Crippen molar-refractivity contribution in [3.05, 3.63) is 71.8 Å². The second kappa shape index (κ2) is 7.10. The summed E-state index contributed by atoms with van der Waals surface area (Å²) >= 11 is 0. The van der Waals surface area contributed by atoms with Crippen LogP contribution in [-0.4, -0.2) is 17.5 Å². The van der Waals surface area contributed by atoms with Gasteiger partial charge >= 0.3 is 5.97 Å². The Bertz CT molecular complexity index is 848. The second-order valence-corrected chi connectivity index (χ2v) is 5.93. The van der Waals surface area contributed by atoms with Gasteiger partial charge in [-0.25, -0.2) is 4.79 Å². The van der Waals surface area contributed by atoms with Crippen LogP contribution in [0.15, 0.2) is 65.8 Å². The smallest absolute Gasteiger partial charge is 0.316 e. The molecule has 0 aromatic heterocycles. The van der Waals surface area contributed by atoms with Crippen LogP contribution >= 0.6 is 0 Å². The van der Waals surface area contributed by atoms with Gasteiger partial charge in [0.1, 0.15) is 0 Å². The van der Waals surface area contributed by atoms with Crippen molar-refractivity contribution >= 4 is 17.5 Å². The number of rotatable bonds is 5. The molecule has 124 valence electrons. The van der Waals surface area contributed by atoms with Crippen LogP contribution < -0.4 is 0 Å². The molecule has 1 saturated carbocycles. The van der Waals surface area contributed by atoms with Crippen LogP contribution in [-0.2, 0) is 9.63 Å². The van der Waals surface area contributed by atoms with E-state index in [-0.39, 0.29) is 11.5 Å². The molecule has 0 amide bonds. The quantitative estimate of drug-likeness (QED) is 0.363. The normalized spacial score (nSPS) is 15.6. The molecular formula is C20H16N2O3. The van der Waals surface area contributed by atoms with E-state index in [1.165, 1.54) is 0 Å². The summed E-state index contributed by atoms with van der Waals surface area (Å²) in [4.78, 5) is 30.0. The molecule has 5 heteroatoms. The highest BCUT2D eigenvalue weighted by molar-refractivity contribution is 6.51. The summed E-state index contributed by atoms with van der Waals surface area (Å²) in [7, 11) is 0. The molecule has 1 aliphatic rings. The zero-order chi connectivity index (χ0) is 17.7. The number of nitriles is 1. The average molecular weight is 332 g/mol. The maximum absolute atomic E-state index is 12.8. The third-order valence-corrected chi connectivity index (χ3v) is 4.33. The molecule has 0 unspecified atom stereocenters. The zero-order valence-electron chi connectivity index (χ0n) is 13.5. The Kier molecular flexibility index (Phi) is 4.71. The number of hydrogen-bond acceptors (Lipinski definition) is 5. The Hall–Kier alpha value is -3.26. The van der Waals surface area contributed by atoms with E-state index in [0.717, 1.165) is 6.42 Å². The summed E-state index contributed by atoms with van der Waals surface area (Å²) in [6, 6.07) is 19.5.